The first-order valence-electron chi connectivity index (χ1n) is 10.9. The van der Waals surface area contributed by atoms with E-state index in [1.807, 2.05) is 19.9 Å². The summed E-state index contributed by atoms with van der Waals surface area (Å²) < 4.78 is 37.2. The lowest BCUT2D eigenvalue weighted by molar-refractivity contribution is -0.111. The Kier molecular flexibility index (Phi) is 6.98. The van der Waals surface area contributed by atoms with Gasteiger partial charge in [-0.25, -0.2) is 14.2 Å². The number of carbonyl (C=O) groups is 1. The molecule has 0 spiro atoms. The van der Waals surface area contributed by atoms with E-state index in [-0.39, 0.29) is 58.8 Å². The number of hydrogen-bond acceptors (Lipinski definition) is 9. The molecule has 1 aromatic heterocycles. The van der Waals surface area contributed by atoms with Gasteiger partial charge in [-0.05, 0) is 32.0 Å². The number of ether oxygens (including phenoxy) is 4. The first-order chi connectivity index (χ1) is 16.4. The molecule has 11 heteroatoms. The van der Waals surface area contributed by atoms with Crippen LogP contribution in [0.25, 0.3) is 0 Å². The fraction of sp³-hybridized carbons (Fsp3) is 0.478. The molecule has 2 aromatic rings. The average Bonchev–Trinajstić information content (AvgIpc) is 2.80. The zero-order valence-corrected chi connectivity index (χ0v) is 19.2. The molecule has 34 heavy (non-hydrogen) atoms. The summed E-state index contributed by atoms with van der Waals surface area (Å²) in [6, 6.07) is 5.97. The third-order valence-corrected chi connectivity index (χ3v) is 5.67. The summed E-state index contributed by atoms with van der Waals surface area (Å²) in [6.07, 6.45) is 0.485. The monoisotopic (exact) mass is 471 g/mol. The number of halogens is 1. The molecule has 0 radical (unpaired) electrons. The van der Waals surface area contributed by atoms with Gasteiger partial charge in [0.05, 0.1) is 43.7 Å². The molecule has 1 N–H and O–H groups in total. The number of anilines is 2. The minimum Gasteiger partial charge on any atom is -0.489 e. The highest BCUT2D eigenvalue weighted by Crippen LogP contribution is 2.38. The number of rotatable bonds is 6. The third kappa shape index (κ3) is 4.97. The SMILES string of the molecule is COc1c(Nc2ccc(C#N)cc2F)ncnc1OC1C2COCC1CN(C(=O)OC(C)C)C2. The Hall–Kier alpha value is -3.65. The normalized spacial score (nSPS) is 21.5. The van der Waals surface area contributed by atoms with E-state index in [1.165, 1.54) is 25.6 Å². The Balaban J connectivity index is 1.53. The Labute approximate surface area is 196 Å². The van der Waals surface area contributed by atoms with E-state index in [2.05, 4.69) is 15.3 Å². The van der Waals surface area contributed by atoms with Crippen LogP contribution in [-0.4, -0.2) is 66.6 Å². The molecule has 1 amide bonds. The van der Waals surface area contributed by atoms with Crippen molar-refractivity contribution in [3.8, 4) is 17.7 Å². The van der Waals surface area contributed by atoms with Crippen LogP contribution in [0.15, 0.2) is 24.5 Å². The quantitative estimate of drug-likeness (QED) is 0.678. The van der Waals surface area contributed by atoms with Crippen LogP contribution in [0.5, 0.6) is 11.6 Å². The van der Waals surface area contributed by atoms with Gasteiger partial charge < -0.3 is 29.2 Å². The van der Waals surface area contributed by atoms with Crippen LogP contribution >= 0.6 is 0 Å². The molecule has 2 bridgehead atoms. The number of amides is 1. The fourth-order valence-electron chi connectivity index (χ4n) is 4.17. The number of nitriles is 1. The van der Waals surface area contributed by atoms with Crippen molar-refractivity contribution in [1.82, 2.24) is 14.9 Å². The number of carbonyl (C=O) groups excluding carboxylic acids is 1. The van der Waals surface area contributed by atoms with Gasteiger partial charge in [-0.1, -0.05) is 0 Å². The number of likely N-dealkylation sites (tertiary alicyclic amines) is 1. The Morgan fingerprint density at radius 3 is 2.65 bits per heavy atom. The van der Waals surface area contributed by atoms with Crippen molar-refractivity contribution in [3.63, 3.8) is 0 Å². The maximum atomic E-state index is 14.4. The van der Waals surface area contributed by atoms with E-state index in [9.17, 15) is 9.18 Å². The van der Waals surface area contributed by atoms with Crippen LogP contribution in [0, 0.1) is 29.0 Å². The van der Waals surface area contributed by atoms with Crippen molar-refractivity contribution >= 4 is 17.6 Å². The van der Waals surface area contributed by atoms with Gasteiger partial charge in [0.25, 0.3) is 5.88 Å². The molecule has 10 nitrogen and oxygen atoms in total. The predicted octanol–water partition coefficient (Wildman–Crippen LogP) is 3.11. The number of methoxy groups -OCH3 is 1. The fourth-order valence-corrected chi connectivity index (χ4v) is 4.17. The van der Waals surface area contributed by atoms with Gasteiger partial charge in [0, 0.05) is 24.9 Å². The predicted molar refractivity (Wildman–Crippen MR) is 118 cm³/mol. The molecule has 0 aliphatic carbocycles. The van der Waals surface area contributed by atoms with Gasteiger partial charge in [-0.3, -0.25) is 0 Å². The zero-order chi connectivity index (χ0) is 24.2. The molecule has 0 saturated carbocycles. The summed E-state index contributed by atoms with van der Waals surface area (Å²) in [5, 5.41) is 11.8. The lowest BCUT2D eigenvalue weighted by Gasteiger charge is -2.45. The first-order valence-corrected chi connectivity index (χ1v) is 10.9. The molecule has 2 fully saturated rings. The lowest BCUT2D eigenvalue weighted by Crippen LogP contribution is -2.58. The van der Waals surface area contributed by atoms with Gasteiger partial charge in [0.2, 0.25) is 5.75 Å². The average molecular weight is 471 g/mol. The van der Waals surface area contributed by atoms with Gasteiger partial charge >= 0.3 is 6.09 Å². The molecule has 2 aliphatic rings. The van der Waals surface area contributed by atoms with Crippen molar-refractivity contribution in [2.24, 2.45) is 11.8 Å². The number of nitrogens with zero attached hydrogens (tertiary/aromatic N) is 4. The third-order valence-electron chi connectivity index (χ3n) is 5.67. The number of hydrogen-bond donors (Lipinski definition) is 1. The topological polar surface area (TPSA) is 119 Å². The first kappa shape index (κ1) is 23.5. The molecule has 2 unspecified atom stereocenters. The molecule has 1 aromatic carbocycles. The molecule has 2 aliphatic heterocycles. The second kappa shape index (κ2) is 10.1. The van der Waals surface area contributed by atoms with Gasteiger partial charge in [0.1, 0.15) is 18.2 Å². The number of fused-ring (bicyclic) bond motifs is 2. The number of nitrogens with one attached hydrogen (secondary N) is 1. The maximum Gasteiger partial charge on any atom is 0.410 e. The molecule has 3 heterocycles. The van der Waals surface area contributed by atoms with E-state index in [1.54, 1.807) is 4.90 Å². The number of benzene rings is 1. The maximum absolute atomic E-state index is 14.4. The largest absolute Gasteiger partial charge is 0.489 e. The minimum atomic E-state index is -0.602. The Bertz CT molecular complexity index is 1080. The number of aromatic nitrogens is 2. The summed E-state index contributed by atoms with van der Waals surface area (Å²) in [5.41, 5.74) is 0.336. The van der Waals surface area contributed by atoms with E-state index >= 15 is 0 Å². The Morgan fingerprint density at radius 1 is 1.29 bits per heavy atom. The van der Waals surface area contributed by atoms with Crippen molar-refractivity contribution in [2.75, 3.05) is 38.7 Å². The van der Waals surface area contributed by atoms with E-state index in [0.29, 0.717) is 26.3 Å². The standard InChI is InChI=1S/C23H26FN5O5/c1-13(2)33-23(30)29-8-15-10-32-11-16(9-29)19(15)34-22-20(31-3)21(26-12-27-22)28-18-5-4-14(7-25)6-17(18)24/h4-6,12-13,15-16,19H,8-11H2,1-3H3,(H,26,27,28). The molecule has 180 valence electrons. The van der Waals surface area contributed by atoms with Crippen molar-refractivity contribution in [2.45, 2.75) is 26.1 Å². The molecular formula is C23H26FN5O5. The second-order valence-corrected chi connectivity index (χ2v) is 8.47. The van der Waals surface area contributed by atoms with Crippen LogP contribution in [0.3, 0.4) is 0 Å². The van der Waals surface area contributed by atoms with Crippen LogP contribution in [0.4, 0.5) is 20.7 Å². The van der Waals surface area contributed by atoms with E-state index in [4.69, 9.17) is 24.2 Å². The van der Waals surface area contributed by atoms with E-state index < -0.39 is 5.82 Å². The van der Waals surface area contributed by atoms with Gasteiger partial charge in [-0.2, -0.15) is 10.2 Å². The lowest BCUT2D eigenvalue weighted by atomic mass is 9.84. The smallest absolute Gasteiger partial charge is 0.410 e. The summed E-state index contributed by atoms with van der Waals surface area (Å²) in [4.78, 5) is 22.5. The second-order valence-electron chi connectivity index (χ2n) is 8.47. The molecule has 4 rings (SSSR count). The van der Waals surface area contributed by atoms with Crippen molar-refractivity contribution < 1.29 is 28.1 Å². The Morgan fingerprint density at radius 2 is 2.03 bits per heavy atom. The number of piperidine rings is 1. The highest BCUT2D eigenvalue weighted by molar-refractivity contribution is 5.68. The molecule has 2 saturated heterocycles. The van der Waals surface area contributed by atoms with E-state index in [0.717, 1.165) is 6.07 Å². The molecule has 2 atom stereocenters. The van der Waals surface area contributed by atoms with Crippen molar-refractivity contribution in [1.29, 1.82) is 5.26 Å². The summed E-state index contributed by atoms with van der Waals surface area (Å²) in [7, 11) is 1.44. The molecular weight excluding hydrogens is 445 g/mol. The summed E-state index contributed by atoms with van der Waals surface area (Å²) in [6.45, 7) is 5.36. The highest BCUT2D eigenvalue weighted by Gasteiger charge is 2.44. The van der Waals surface area contributed by atoms with Gasteiger partial charge in [-0.15, -0.1) is 0 Å². The minimum absolute atomic E-state index is 0.0840. The summed E-state index contributed by atoms with van der Waals surface area (Å²) in [5.74, 6) is -0.135. The van der Waals surface area contributed by atoms with Crippen LogP contribution < -0.4 is 14.8 Å². The highest BCUT2D eigenvalue weighted by atomic mass is 19.1. The zero-order valence-electron chi connectivity index (χ0n) is 19.2. The van der Waals surface area contributed by atoms with Crippen LogP contribution in [-0.2, 0) is 9.47 Å². The summed E-state index contributed by atoms with van der Waals surface area (Å²) >= 11 is 0. The van der Waals surface area contributed by atoms with Gasteiger partial charge in [0.15, 0.2) is 5.82 Å². The van der Waals surface area contributed by atoms with Crippen molar-refractivity contribution in [3.05, 3.63) is 35.9 Å². The van der Waals surface area contributed by atoms with Crippen LogP contribution in [0.1, 0.15) is 19.4 Å². The van der Waals surface area contributed by atoms with Crippen LogP contribution in [0.2, 0.25) is 0 Å².